The summed E-state index contributed by atoms with van der Waals surface area (Å²) in [5, 5.41) is 9.95. The molecule has 1 saturated carbocycles. The molecule has 8 heteroatoms. The normalized spacial score (nSPS) is 23.6. The maximum Gasteiger partial charge on any atom is 0.306 e. The number of carboxylic acids is 1. The first-order chi connectivity index (χ1) is 15.4. The van der Waals surface area contributed by atoms with Gasteiger partial charge in [0.1, 0.15) is 24.1 Å². The third-order valence-corrected chi connectivity index (χ3v) is 6.50. The van der Waals surface area contributed by atoms with Gasteiger partial charge in [-0.2, -0.15) is 0 Å². The second-order valence-electron chi connectivity index (χ2n) is 8.59. The zero-order chi connectivity index (χ0) is 22.4. The number of carbonyl (C=O) groups excluding carboxylic acids is 1. The molecule has 1 aromatic heterocycles. The molecule has 0 bridgehead atoms. The van der Waals surface area contributed by atoms with Crippen molar-refractivity contribution < 1.29 is 19.4 Å². The van der Waals surface area contributed by atoms with Gasteiger partial charge in [-0.05, 0) is 48.6 Å². The molecule has 0 unspecified atom stereocenters. The number of ether oxygens (including phenoxy) is 1. The fourth-order valence-corrected chi connectivity index (χ4v) is 4.72. The molecule has 1 N–H and O–H groups in total. The molecule has 2 aliphatic rings. The Kier molecular flexibility index (Phi) is 5.39. The van der Waals surface area contributed by atoms with E-state index in [2.05, 4.69) is 0 Å². The van der Waals surface area contributed by atoms with Gasteiger partial charge in [-0.1, -0.05) is 35.9 Å². The average molecular weight is 454 g/mol. The van der Waals surface area contributed by atoms with Gasteiger partial charge in [-0.3, -0.25) is 9.59 Å². The van der Waals surface area contributed by atoms with Crippen molar-refractivity contribution in [2.75, 3.05) is 6.54 Å². The SMILES string of the molecule is Cn1c([C@H]2[C@H](c3cccc(Cl)c3)O[C@H](CC(=O)O)C(=O)N2CC2CC2)nc2ccccc21. The van der Waals surface area contributed by atoms with Crippen LogP contribution in [0.4, 0.5) is 0 Å². The lowest BCUT2D eigenvalue weighted by Crippen LogP contribution is -2.52. The third-order valence-electron chi connectivity index (χ3n) is 6.27. The Morgan fingerprint density at radius 1 is 1.22 bits per heavy atom. The monoisotopic (exact) mass is 453 g/mol. The smallest absolute Gasteiger partial charge is 0.306 e. The van der Waals surface area contributed by atoms with E-state index in [0.717, 1.165) is 29.4 Å². The van der Waals surface area contributed by atoms with E-state index in [1.54, 1.807) is 11.0 Å². The number of rotatable bonds is 6. The van der Waals surface area contributed by atoms with E-state index in [9.17, 15) is 14.7 Å². The topological polar surface area (TPSA) is 84.7 Å². The molecule has 5 rings (SSSR count). The fraction of sp³-hybridized carbons (Fsp3) is 0.375. The quantitative estimate of drug-likeness (QED) is 0.606. The maximum absolute atomic E-state index is 13.5. The summed E-state index contributed by atoms with van der Waals surface area (Å²) >= 11 is 6.28. The lowest BCUT2D eigenvalue weighted by molar-refractivity contribution is -0.180. The Balaban J connectivity index is 1.66. The van der Waals surface area contributed by atoms with Crippen molar-refractivity contribution in [3.8, 4) is 0 Å². The van der Waals surface area contributed by atoms with Gasteiger partial charge < -0.3 is 19.3 Å². The zero-order valence-corrected chi connectivity index (χ0v) is 18.4. The number of carbonyl (C=O) groups is 2. The van der Waals surface area contributed by atoms with Gasteiger partial charge in [0.15, 0.2) is 0 Å². The number of nitrogens with zero attached hydrogens (tertiary/aromatic N) is 3. The lowest BCUT2D eigenvalue weighted by atomic mass is 9.95. The van der Waals surface area contributed by atoms with Crippen LogP contribution >= 0.6 is 11.6 Å². The number of hydrogen-bond donors (Lipinski definition) is 1. The predicted octanol–water partition coefficient (Wildman–Crippen LogP) is 4.12. The first-order valence-electron chi connectivity index (χ1n) is 10.8. The highest BCUT2D eigenvalue weighted by Crippen LogP contribution is 2.45. The van der Waals surface area contributed by atoms with Gasteiger partial charge in [0, 0.05) is 18.6 Å². The van der Waals surface area contributed by atoms with Gasteiger partial charge in [0.25, 0.3) is 5.91 Å². The minimum Gasteiger partial charge on any atom is -0.481 e. The summed E-state index contributed by atoms with van der Waals surface area (Å²) in [6.07, 6.45) is 0.0920. The molecule has 2 heterocycles. The summed E-state index contributed by atoms with van der Waals surface area (Å²) in [6.45, 7) is 0.559. The van der Waals surface area contributed by atoms with Crippen LogP contribution in [0.2, 0.25) is 5.02 Å². The van der Waals surface area contributed by atoms with E-state index < -0.39 is 24.2 Å². The molecule has 2 fully saturated rings. The number of aliphatic carboxylic acids is 1. The molecule has 1 aliphatic carbocycles. The highest BCUT2D eigenvalue weighted by molar-refractivity contribution is 6.30. The lowest BCUT2D eigenvalue weighted by Gasteiger charge is -2.44. The maximum atomic E-state index is 13.5. The largest absolute Gasteiger partial charge is 0.481 e. The molecule has 0 radical (unpaired) electrons. The molecular weight excluding hydrogens is 430 g/mol. The number of fused-ring (bicyclic) bond motifs is 1. The van der Waals surface area contributed by atoms with Crippen LogP contribution in [0.25, 0.3) is 11.0 Å². The van der Waals surface area contributed by atoms with Crippen molar-refractivity contribution in [1.29, 1.82) is 0 Å². The molecule has 1 amide bonds. The van der Waals surface area contributed by atoms with Gasteiger partial charge in [-0.25, -0.2) is 4.98 Å². The van der Waals surface area contributed by atoms with E-state index in [0.29, 0.717) is 23.3 Å². The number of aromatic nitrogens is 2. The van der Waals surface area contributed by atoms with Gasteiger partial charge in [-0.15, -0.1) is 0 Å². The van der Waals surface area contributed by atoms with Gasteiger partial charge >= 0.3 is 5.97 Å². The van der Waals surface area contributed by atoms with E-state index in [4.69, 9.17) is 21.3 Å². The molecule has 3 aromatic rings. The number of hydrogen-bond acceptors (Lipinski definition) is 4. The predicted molar refractivity (Wildman–Crippen MR) is 119 cm³/mol. The molecular formula is C24H24ClN3O4. The van der Waals surface area contributed by atoms with Crippen molar-refractivity contribution in [3.63, 3.8) is 0 Å². The Hall–Kier alpha value is -2.90. The highest BCUT2D eigenvalue weighted by Gasteiger charge is 2.48. The molecule has 32 heavy (non-hydrogen) atoms. The number of amides is 1. The summed E-state index contributed by atoms with van der Waals surface area (Å²) in [5.41, 5.74) is 2.58. The molecule has 7 nitrogen and oxygen atoms in total. The van der Waals surface area contributed by atoms with Gasteiger partial charge in [0.05, 0.1) is 17.5 Å². The average Bonchev–Trinajstić information content (AvgIpc) is 3.53. The number of morpholine rings is 1. The number of halogens is 1. The molecule has 0 spiro atoms. The molecule has 166 valence electrons. The summed E-state index contributed by atoms with van der Waals surface area (Å²) < 4.78 is 8.21. The van der Waals surface area contributed by atoms with Crippen LogP contribution < -0.4 is 0 Å². The second-order valence-corrected chi connectivity index (χ2v) is 9.03. The van der Waals surface area contributed by atoms with Gasteiger partial charge in [0.2, 0.25) is 0 Å². The molecule has 1 saturated heterocycles. The van der Waals surface area contributed by atoms with Crippen LogP contribution in [0.15, 0.2) is 48.5 Å². The minimum absolute atomic E-state index is 0.297. The van der Waals surface area contributed by atoms with Crippen LogP contribution in [-0.2, 0) is 21.4 Å². The molecule has 3 atom stereocenters. The Morgan fingerprint density at radius 2 is 2.00 bits per heavy atom. The first-order valence-corrected chi connectivity index (χ1v) is 11.1. The molecule has 1 aliphatic heterocycles. The summed E-state index contributed by atoms with van der Waals surface area (Å²) in [5.74, 6) is -0.242. The van der Waals surface area contributed by atoms with Crippen molar-refractivity contribution in [2.45, 2.75) is 37.5 Å². The Morgan fingerprint density at radius 3 is 2.69 bits per heavy atom. The highest BCUT2D eigenvalue weighted by atomic mass is 35.5. The van der Waals surface area contributed by atoms with E-state index in [-0.39, 0.29) is 12.3 Å². The van der Waals surface area contributed by atoms with Crippen molar-refractivity contribution in [2.24, 2.45) is 13.0 Å². The van der Waals surface area contributed by atoms with Crippen LogP contribution in [0, 0.1) is 5.92 Å². The van der Waals surface area contributed by atoms with Crippen LogP contribution in [0.1, 0.15) is 42.8 Å². The van der Waals surface area contributed by atoms with Crippen molar-refractivity contribution >= 4 is 34.5 Å². The van der Waals surface area contributed by atoms with Crippen LogP contribution in [0.5, 0.6) is 0 Å². The number of aryl methyl sites for hydroxylation is 1. The summed E-state index contributed by atoms with van der Waals surface area (Å²) in [6, 6.07) is 14.6. The Labute approximate surface area is 190 Å². The summed E-state index contributed by atoms with van der Waals surface area (Å²) in [4.78, 5) is 31.6. The fourth-order valence-electron chi connectivity index (χ4n) is 4.52. The van der Waals surface area contributed by atoms with Crippen LogP contribution in [-0.4, -0.2) is 44.1 Å². The van der Waals surface area contributed by atoms with Crippen LogP contribution in [0.3, 0.4) is 0 Å². The van der Waals surface area contributed by atoms with E-state index in [1.165, 1.54) is 0 Å². The number of imidazole rings is 1. The van der Waals surface area contributed by atoms with E-state index in [1.807, 2.05) is 54.1 Å². The zero-order valence-electron chi connectivity index (χ0n) is 17.6. The molecule has 2 aromatic carbocycles. The van der Waals surface area contributed by atoms with Crippen molar-refractivity contribution in [3.05, 3.63) is 64.9 Å². The minimum atomic E-state index is -1.07. The second kappa shape index (κ2) is 8.22. The number of carboxylic acid groups (broad SMARTS) is 1. The number of para-hydroxylation sites is 2. The standard InChI is InChI=1S/C24H24ClN3O4/c1-27-18-8-3-2-7-17(18)26-23(27)21-22(15-5-4-6-16(25)11-15)32-19(12-20(29)30)24(31)28(21)13-14-9-10-14/h2-8,11,14,19,21-22H,9-10,12-13H2,1H3,(H,29,30)/t19-,21-,22+/m1/s1. The summed E-state index contributed by atoms with van der Waals surface area (Å²) in [7, 11) is 1.93. The number of benzene rings is 2. The van der Waals surface area contributed by atoms with E-state index >= 15 is 0 Å². The Bertz CT molecular complexity index is 1190. The third kappa shape index (κ3) is 3.87. The van der Waals surface area contributed by atoms with Crippen molar-refractivity contribution in [1.82, 2.24) is 14.5 Å². The first kappa shape index (κ1) is 21.0.